The maximum Gasteiger partial charge on any atom is 0.230 e. The molecule has 3 nitrogen and oxygen atoms in total. The third-order valence-corrected chi connectivity index (χ3v) is 6.14. The van der Waals surface area contributed by atoms with E-state index in [0.717, 1.165) is 24.1 Å². The van der Waals surface area contributed by atoms with E-state index in [4.69, 9.17) is 0 Å². The van der Waals surface area contributed by atoms with Crippen LogP contribution in [0.5, 0.6) is 0 Å². The average Bonchev–Trinajstić information content (AvgIpc) is 3.05. The Morgan fingerprint density at radius 1 is 1.16 bits per heavy atom. The van der Waals surface area contributed by atoms with Crippen LogP contribution in [0.4, 0.5) is 5.13 Å². The van der Waals surface area contributed by atoms with E-state index < -0.39 is 0 Å². The number of nitrogens with zero attached hydrogens (tertiary/aromatic N) is 1. The van der Waals surface area contributed by atoms with E-state index in [9.17, 15) is 4.79 Å². The minimum Gasteiger partial charge on any atom is -0.302 e. The zero-order valence-electron chi connectivity index (χ0n) is 13.9. The number of anilines is 1. The molecular formula is C20H18N2OS2. The number of aromatic nitrogens is 1. The number of nitrogens with one attached hydrogen (secondary N) is 1. The summed E-state index contributed by atoms with van der Waals surface area (Å²) in [5.41, 5.74) is 4.59. The number of fused-ring (bicyclic) bond motifs is 3. The van der Waals surface area contributed by atoms with Crippen molar-refractivity contribution in [1.82, 2.24) is 4.98 Å². The molecule has 0 unspecified atom stereocenters. The van der Waals surface area contributed by atoms with E-state index in [1.54, 1.807) is 23.1 Å². The van der Waals surface area contributed by atoms with Gasteiger partial charge in [0.1, 0.15) is 0 Å². The fourth-order valence-electron chi connectivity index (χ4n) is 3.09. The second-order valence-electron chi connectivity index (χ2n) is 6.02. The number of hydrogen-bond acceptors (Lipinski definition) is 4. The smallest absolute Gasteiger partial charge is 0.230 e. The third-order valence-electron chi connectivity index (χ3n) is 4.36. The fraction of sp³-hybridized carbons (Fsp3) is 0.200. The predicted molar refractivity (Wildman–Crippen MR) is 106 cm³/mol. The zero-order chi connectivity index (χ0) is 17.2. The van der Waals surface area contributed by atoms with Gasteiger partial charge in [-0.1, -0.05) is 36.4 Å². The standard InChI is InChI=1S/C20H18N2OS2/c1-24-15-9-6-13(7-10-15)12-18(23)21-20-22-19-16-5-3-2-4-14(16)8-11-17(19)25-20/h2-7,9-10H,8,11-12H2,1H3,(H,21,22,23). The molecule has 1 aliphatic carbocycles. The number of rotatable bonds is 4. The van der Waals surface area contributed by atoms with Crippen molar-refractivity contribution in [2.24, 2.45) is 0 Å². The van der Waals surface area contributed by atoms with Gasteiger partial charge in [0.15, 0.2) is 5.13 Å². The van der Waals surface area contributed by atoms with Gasteiger partial charge in [0, 0.05) is 15.3 Å². The Balaban J connectivity index is 1.48. The lowest BCUT2D eigenvalue weighted by atomic mass is 9.94. The van der Waals surface area contributed by atoms with Gasteiger partial charge in [0.2, 0.25) is 5.91 Å². The molecule has 0 aliphatic heterocycles. The van der Waals surface area contributed by atoms with Crippen molar-refractivity contribution in [2.75, 3.05) is 11.6 Å². The normalized spacial score (nSPS) is 12.4. The number of carbonyl (C=O) groups excluding carboxylic acids is 1. The van der Waals surface area contributed by atoms with Crippen LogP contribution in [-0.2, 0) is 24.1 Å². The minimum atomic E-state index is -0.0173. The highest BCUT2D eigenvalue weighted by Crippen LogP contribution is 2.37. The average molecular weight is 367 g/mol. The summed E-state index contributed by atoms with van der Waals surface area (Å²) in [5.74, 6) is -0.0173. The van der Waals surface area contributed by atoms with E-state index in [1.807, 2.05) is 36.6 Å². The number of benzene rings is 2. The topological polar surface area (TPSA) is 42.0 Å². The molecule has 1 aliphatic rings. The molecule has 0 bridgehead atoms. The van der Waals surface area contributed by atoms with Crippen molar-refractivity contribution in [3.8, 4) is 11.3 Å². The molecule has 5 heteroatoms. The molecule has 1 aromatic heterocycles. The first-order valence-electron chi connectivity index (χ1n) is 8.23. The summed E-state index contributed by atoms with van der Waals surface area (Å²) in [4.78, 5) is 19.5. The van der Waals surface area contributed by atoms with Crippen LogP contribution < -0.4 is 5.32 Å². The maximum absolute atomic E-state index is 12.3. The molecule has 1 N–H and O–H groups in total. The van der Waals surface area contributed by atoms with Gasteiger partial charge < -0.3 is 5.32 Å². The summed E-state index contributed by atoms with van der Waals surface area (Å²) in [6, 6.07) is 16.5. The molecule has 0 fully saturated rings. The first-order chi connectivity index (χ1) is 12.2. The largest absolute Gasteiger partial charge is 0.302 e. The van der Waals surface area contributed by atoms with Gasteiger partial charge in [0.25, 0.3) is 0 Å². The van der Waals surface area contributed by atoms with Crippen LogP contribution >= 0.6 is 23.1 Å². The van der Waals surface area contributed by atoms with Crippen molar-refractivity contribution >= 4 is 34.1 Å². The molecule has 0 radical (unpaired) electrons. The highest BCUT2D eigenvalue weighted by molar-refractivity contribution is 7.98. The predicted octanol–water partition coefficient (Wildman–Crippen LogP) is 4.81. The Morgan fingerprint density at radius 3 is 2.76 bits per heavy atom. The van der Waals surface area contributed by atoms with Crippen molar-refractivity contribution < 1.29 is 4.79 Å². The quantitative estimate of drug-likeness (QED) is 0.674. The number of thioether (sulfide) groups is 1. The summed E-state index contributed by atoms with van der Waals surface area (Å²) < 4.78 is 0. The Morgan fingerprint density at radius 2 is 1.96 bits per heavy atom. The third kappa shape index (κ3) is 3.48. The SMILES string of the molecule is CSc1ccc(CC(=O)Nc2nc3c(s2)CCc2ccccc2-3)cc1. The summed E-state index contributed by atoms with van der Waals surface area (Å²) in [7, 11) is 0. The summed E-state index contributed by atoms with van der Waals surface area (Å²) in [6.45, 7) is 0. The molecular weight excluding hydrogens is 348 g/mol. The lowest BCUT2D eigenvalue weighted by Crippen LogP contribution is -2.14. The zero-order valence-corrected chi connectivity index (χ0v) is 15.5. The van der Waals surface area contributed by atoms with Crippen LogP contribution in [0, 0.1) is 0 Å². The highest BCUT2D eigenvalue weighted by Gasteiger charge is 2.21. The van der Waals surface area contributed by atoms with E-state index in [-0.39, 0.29) is 5.91 Å². The van der Waals surface area contributed by atoms with Gasteiger partial charge in [-0.25, -0.2) is 4.98 Å². The number of aryl methyl sites for hydroxylation is 2. The molecule has 25 heavy (non-hydrogen) atoms. The molecule has 0 spiro atoms. The molecule has 4 rings (SSSR count). The second kappa shape index (κ2) is 7.02. The molecule has 126 valence electrons. The molecule has 2 aromatic carbocycles. The van der Waals surface area contributed by atoms with Crippen LogP contribution in [0.25, 0.3) is 11.3 Å². The molecule has 1 heterocycles. The number of amides is 1. The maximum atomic E-state index is 12.3. The van der Waals surface area contributed by atoms with Gasteiger partial charge in [-0.3, -0.25) is 4.79 Å². The Bertz CT molecular complexity index is 916. The second-order valence-corrected chi connectivity index (χ2v) is 7.98. The van der Waals surface area contributed by atoms with Crippen LogP contribution in [0.15, 0.2) is 53.4 Å². The van der Waals surface area contributed by atoms with E-state index in [0.29, 0.717) is 11.6 Å². The van der Waals surface area contributed by atoms with Gasteiger partial charge in [0.05, 0.1) is 12.1 Å². The van der Waals surface area contributed by atoms with Crippen molar-refractivity contribution in [3.05, 3.63) is 64.5 Å². The van der Waals surface area contributed by atoms with Crippen LogP contribution in [0.1, 0.15) is 16.0 Å². The summed E-state index contributed by atoms with van der Waals surface area (Å²) in [6.07, 6.45) is 4.45. The number of thiazole rings is 1. The lowest BCUT2D eigenvalue weighted by Gasteiger charge is -2.13. The molecule has 1 amide bonds. The van der Waals surface area contributed by atoms with E-state index in [2.05, 4.69) is 28.5 Å². The molecule has 0 saturated heterocycles. The fourth-order valence-corrected chi connectivity index (χ4v) is 4.49. The molecule has 0 saturated carbocycles. The molecule has 3 aromatic rings. The van der Waals surface area contributed by atoms with Gasteiger partial charge >= 0.3 is 0 Å². The van der Waals surface area contributed by atoms with Crippen LogP contribution in [0.3, 0.4) is 0 Å². The van der Waals surface area contributed by atoms with E-state index in [1.165, 1.54) is 20.9 Å². The molecule has 0 atom stereocenters. The van der Waals surface area contributed by atoms with E-state index >= 15 is 0 Å². The van der Waals surface area contributed by atoms with Crippen molar-refractivity contribution in [2.45, 2.75) is 24.2 Å². The van der Waals surface area contributed by atoms with Crippen LogP contribution in [0.2, 0.25) is 0 Å². The Labute approximate surface area is 155 Å². The van der Waals surface area contributed by atoms with Crippen molar-refractivity contribution in [1.29, 1.82) is 0 Å². The van der Waals surface area contributed by atoms with Crippen LogP contribution in [-0.4, -0.2) is 17.1 Å². The van der Waals surface area contributed by atoms with Gasteiger partial charge in [-0.2, -0.15) is 0 Å². The van der Waals surface area contributed by atoms with Gasteiger partial charge in [-0.05, 0) is 42.4 Å². The monoisotopic (exact) mass is 366 g/mol. The number of hydrogen-bond donors (Lipinski definition) is 1. The van der Waals surface area contributed by atoms with Crippen molar-refractivity contribution in [3.63, 3.8) is 0 Å². The lowest BCUT2D eigenvalue weighted by molar-refractivity contribution is -0.115. The first kappa shape index (κ1) is 16.4. The summed E-state index contributed by atoms with van der Waals surface area (Å²) >= 11 is 3.30. The highest BCUT2D eigenvalue weighted by atomic mass is 32.2. The summed E-state index contributed by atoms with van der Waals surface area (Å²) in [5, 5.41) is 3.67. The van der Waals surface area contributed by atoms with Gasteiger partial charge in [-0.15, -0.1) is 23.1 Å². The first-order valence-corrected chi connectivity index (χ1v) is 10.3. The number of carbonyl (C=O) groups is 1. The Hall–Kier alpha value is -2.11. The Kier molecular flexibility index (Phi) is 4.59. The minimum absolute atomic E-state index is 0.0173.